The smallest absolute Gasteiger partial charge is 0.0635 e. The van der Waals surface area contributed by atoms with Crippen molar-refractivity contribution in [2.24, 2.45) is 0 Å². The lowest BCUT2D eigenvalue weighted by molar-refractivity contribution is 0.136. The largest absolute Gasteiger partial charge is 0.398 e. The Morgan fingerprint density at radius 2 is 1.94 bits per heavy atom. The van der Waals surface area contributed by atoms with Crippen LogP contribution in [0.1, 0.15) is 33.3 Å². The number of hydrogen-bond donors (Lipinski definition) is 1. The van der Waals surface area contributed by atoms with Gasteiger partial charge in [-0.05, 0) is 45.0 Å². The molecular weight excluding hydrogens is 220 g/mol. The molecule has 0 amide bonds. The summed E-state index contributed by atoms with van der Waals surface area (Å²) in [5, 5.41) is 0.627. The van der Waals surface area contributed by atoms with Gasteiger partial charge in [0.15, 0.2) is 0 Å². The van der Waals surface area contributed by atoms with Crippen molar-refractivity contribution < 1.29 is 0 Å². The third-order valence-corrected chi connectivity index (χ3v) is 3.11. The maximum atomic E-state index is 5.90. The second kappa shape index (κ2) is 5.07. The standard InChI is InChI=1S/C13H21ClN2/c1-5-16(13(2,3)4)9-10-6-7-11(14)12(15)8-10/h6-8H,5,9,15H2,1-4H3. The van der Waals surface area contributed by atoms with E-state index in [1.807, 2.05) is 18.2 Å². The van der Waals surface area contributed by atoms with Gasteiger partial charge >= 0.3 is 0 Å². The summed E-state index contributed by atoms with van der Waals surface area (Å²) in [6, 6.07) is 5.85. The van der Waals surface area contributed by atoms with E-state index in [4.69, 9.17) is 17.3 Å². The monoisotopic (exact) mass is 240 g/mol. The molecule has 2 N–H and O–H groups in total. The van der Waals surface area contributed by atoms with E-state index in [-0.39, 0.29) is 5.54 Å². The molecule has 0 bridgehead atoms. The maximum absolute atomic E-state index is 5.90. The molecule has 0 saturated heterocycles. The van der Waals surface area contributed by atoms with Crippen LogP contribution in [0.4, 0.5) is 5.69 Å². The average molecular weight is 241 g/mol. The van der Waals surface area contributed by atoms with Crippen molar-refractivity contribution in [2.75, 3.05) is 12.3 Å². The Morgan fingerprint density at radius 3 is 2.38 bits per heavy atom. The predicted molar refractivity (Wildman–Crippen MR) is 71.7 cm³/mol. The van der Waals surface area contributed by atoms with Gasteiger partial charge in [0.25, 0.3) is 0 Å². The van der Waals surface area contributed by atoms with Crippen LogP contribution in [0.3, 0.4) is 0 Å². The van der Waals surface area contributed by atoms with E-state index in [0.29, 0.717) is 10.7 Å². The van der Waals surface area contributed by atoms with E-state index in [0.717, 1.165) is 13.1 Å². The zero-order valence-electron chi connectivity index (χ0n) is 10.5. The third-order valence-electron chi connectivity index (χ3n) is 2.76. The van der Waals surface area contributed by atoms with Crippen molar-refractivity contribution in [1.29, 1.82) is 0 Å². The van der Waals surface area contributed by atoms with E-state index in [2.05, 4.69) is 32.6 Å². The third kappa shape index (κ3) is 3.39. The second-order valence-electron chi connectivity index (χ2n) is 5.04. The van der Waals surface area contributed by atoms with Crippen LogP contribution in [0.2, 0.25) is 5.02 Å². The Hall–Kier alpha value is -0.730. The zero-order chi connectivity index (χ0) is 12.3. The van der Waals surface area contributed by atoms with Crippen LogP contribution < -0.4 is 5.73 Å². The van der Waals surface area contributed by atoms with E-state index >= 15 is 0 Å². The van der Waals surface area contributed by atoms with Crippen LogP contribution >= 0.6 is 11.6 Å². The van der Waals surface area contributed by atoms with Gasteiger partial charge in [-0.15, -0.1) is 0 Å². The number of rotatable bonds is 3. The quantitative estimate of drug-likeness (QED) is 0.819. The fraction of sp³-hybridized carbons (Fsp3) is 0.538. The van der Waals surface area contributed by atoms with Crippen LogP contribution in [0.15, 0.2) is 18.2 Å². The van der Waals surface area contributed by atoms with Crippen molar-refractivity contribution in [3.05, 3.63) is 28.8 Å². The topological polar surface area (TPSA) is 29.3 Å². The normalized spacial score (nSPS) is 12.1. The molecule has 0 aromatic heterocycles. The van der Waals surface area contributed by atoms with E-state index < -0.39 is 0 Å². The molecule has 0 aliphatic carbocycles. The highest BCUT2D eigenvalue weighted by molar-refractivity contribution is 6.33. The molecule has 0 unspecified atom stereocenters. The van der Waals surface area contributed by atoms with Crippen LogP contribution in [0.5, 0.6) is 0 Å². The lowest BCUT2D eigenvalue weighted by Crippen LogP contribution is -2.40. The zero-order valence-corrected chi connectivity index (χ0v) is 11.3. The van der Waals surface area contributed by atoms with Crippen LogP contribution in [0, 0.1) is 0 Å². The molecule has 90 valence electrons. The van der Waals surface area contributed by atoms with E-state index in [1.54, 1.807) is 0 Å². The van der Waals surface area contributed by atoms with E-state index in [1.165, 1.54) is 5.56 Å². The minimum Gasteiger partial charge on any atom is -0.398 e. The molecule has 0 spiro atoms. The van der Waals surface area contributed by atoms with Crippen LogP contribution in [0.25, 0.3) is 0 Å². The maximum Gasteiger partial charge on any atom is 0.0635 e. The summed E-state index contributed by atoms with van der Waals surface area (Å²) < 4.78 is 0. The van der Waals surface area contributed by atoms with Crippen molar-refractivity contribution >= 4 is 17.3 Å². The molecule has 0 fully saturated rings. The van der Waals surface area contributed by atoms with Gasteiger partial charge < -0.3 is 5.73 Å². The van der Waals surface area contributed by atoms with Gasteiger partial charge in [0, 0.05) is 12.1 Å². The summed E-state index contributed by atoms with van der Waals surface area (Å²) in [5.41, 5.74) is 7.83. The number of benzene rings is 1. The van der Waals surface area contributed by atoms with Crippen molar-refractivity contribution in [3.63, 3.8) is 0 Å². The fourth-order valence-corrected chi connectivity index (χ4v) is 1.85. The Balaban J connectivity index is 2.83. The molecule has 0 saturated carbocycles. The van der Waals surface area contributed by atoms with Gasteiger partial charge in [-0.2, -0.15) is 0 Å². The highest BCUT2D eigenvalue weighted by Gasteiger charge is 2.19. The number of nitrogens with zero attached hydrogens (tertiary/aromatic N) is 1. The van der Waals surface area contributed by atoms with Crippen LogP contribution in [-0.4, -0.2) is 17.0 Å². The molecule has 2 nitrogen and oxygen atoms in total. The first-order valence-electron chi connectivity index (χ1n) is 5.63. The minimum absolute atomic E-state index is 0.170. The summed E-state index contributed by atoms with van der Waals surface area (Å²) in [5.74, 6) is 0. The van der Waals surface area contributed by atoms with Gasteiger partial charge in [0.1, 0.15) is 0 Å². The van der Waals surface area contributed by atoms with Gasteiger partial charge in [0.05, 0.1) is 10.7 Å². The highest BCUT2D eigenvalue weighted by Crippen LogP contribution is 2.22. The van der Waals surface area contributed by atoms with Crippen molar-refractivity contribution in [3.8, 4) is 0 Å². The Morgan fingerprint density at radius 1 is 1.31 bits per heavy atom. The lowest BCUT2D eigenvalue weighted by Gasteiger charge is -2.34. The van der Waals surface area contributed by atoms with Gasteiger partial charge in [0.2, 0.25) is 0 Å². The molecule has 0 heterocycles. The van der Waals surface area contributed by atoms with Crippen LogP contribution in [-0.2, 0) is 6.54 Å². The molecule has 0 atom stereocenters. The number of hydrogen-bond acceptors (Lipinski definition) is 2. The Bertz CT molecular complexity index is 355. The number of halogens is 1. The number of nitrogen functional groups attached to an aromatic ring is 1. The molecule has 0 aliphatic rings. The summed E-state index contributed by atoms with van der Waals surface area (Å²) >= 11 is 5.90. The Kier molecular flexibility index (Phi) is 4.22. The molecule has 0 radical (unpaired) electrons. The number of nitrogens with two attached hydrogens (primary N) is 1. The van der Waals surface area contributed by atoms with Gasteiger partial charge in [-0.1, -0.05) is 24.6 Å². The van der Waals surface area contributed by atoms with Gasteiger partial charge in [-0.25, -0.2) is 0 Å². The van der Waals surface area contributed by atoms with Crippen molar-refractivity contribution in [1.82, 2.24) is 4.90 Å². The molecule has 1 rings (SSSR count). The Labute approximate surface area is 103 Å². The highest BCUT2D eigenvalue weighted by atomic mass is 35.5. The molecule has 0 aliphatic heterocycles. The number of anilines is 1. The molecular formula is C13H21ClN2. The van der Waals surface area contributed by atoms with Gasteiger partial charge in [-0.3, -0.25) is 4.90 Å². The summed E-state index contributed by atoms with van der Waals surface area (Å²) in [7, 11) is 0. The SMILES string of the molecule is CCN(Cc1ccc(Cl)c(N)c1)C(C)(C)C. The van der Waals surface area contributed by atoms with Crippen molar-refractivity contribution in [2.45, 2.75) is 39.8 Å². The van der Waals surface area contributed by atoms with E-state index in [9.17, 15) is 0 Å². The lowest BCUT2D eigenvalue weighted by atomic mass is 10.0. The first kappa shape index (κ1) is 13.3. The predicted octanol–water partition coefficient (Wildman–Crippen LogP) is 3.54. The first-order chi connectivity index (χ1) is 7.34. The summed E-state index contributed by atoms with van der Waals surface area (Å²) in [4.78, 5) is 2.40. The molecule has 1 aromatic carbocycles. The minimum atomic E-state index is 0.170. The molecule has 16 heavy (non-hydrogen) atoms. The fourth-order valence-electron chi connectivity index (χ4n) is 1.74. The second-order valence-corrected chi connectivity index (χ2v) is 5.45. The summed E-state index contributed by atoms with van der Waals surface area (Å²) in [6.45, 7) is 10.7. The molecule has 3 heteroatoms. The molecule has 1 aromatic rings. The summed E-state index contributed by atoms with van der Waals surface area (Å²) in [6.07, 6.45) is 0. The first-order valence-corrected chi connectivity index (χ1v) is 6.01. The average Bonchev–Trinajstić information content (AvgIpc) is 2.18.